The lowest BCUT2D eigenvalue weighted by molar-refractivity contribution is -0.143. The third-order valence-corrected chi connectivity index (χ3v) is 5.03. The van der Waals surface area contributed by atoms with Crippen LogP contribution in [0.5, 0.6) is 0 Å². The second kappa shape index (κ2) is 6.78. The highest BCUT2D eigenvalue weighted by molar-refractivity contribution is 5.97. The number of aromatic amines is 1. The lowest BCUT2D eigenvalue weighted by Crippen LogP contribution is -2.47. The first-order valence-corrected chi connectivity index (χ1v) is 8.64. The van der Waals surface area contributed by atoms with E-state index in [2.05, 4.69) is 4.98 Å². The molecule has 2 unspecified atom stereocenters. The predicted molar refractivity (Wildman–Crippen MR) is 95.4 cm³/mol. The molecule has 2 atom stereocenters. The largest absolute Gasteiger partial charge is 0.481 e. The molecular formula is C18H21N3O5. The van der Waals surface area contributed by atoms with E-state index in [0.717, 1.165) is 0 Å². The summed E-state index contributed by atoms with van der Waals surface area (Å²) in [5.41, 5.74) is -0.0629. The molecule has 26 heavy (non-hydrogen) atoms. The molecule has 0 bridgehead atoms. The number of nitrogens with zero attached hydrogens (tertiary/aromatic N) is 2. The molecule has 1 amide bonds. The normalized spacial score (nSPS) is 20.3. The van der Waals surface area contributed by atoms with Gasteiger partial charge in [0.15, 0.2) is 0 Å². The molecule has 1 aromatic carbocycles. The average molecular weight is 359 g/mol. The van der Waals surface area contributed by atoms with Gasteiger partial charge in [-0.3, -0.25) is 19.2 Å². The summed E-state index contributed by atoms with van der Waals surface area (Å²) >= 11 is 0. The number of piperidine rings is 1. The Morgan fingerprint density at radius 1 is 1.27 bits per heavy atom. The molecule has 2 heterocycles. The van der Waals surface area contributed by atoms with E-state index < -0.39 is 23.0 Å². The molecule has 2 N–H and O–H groups in total. The summed E-state index contributed by atoms with van der Waals surface area (Å²) in [4.78, 5) is 52.0. The molecule has 2 aromatic rings. The lowest BCUT2D eigenvalue weighted by Gasteiger charge is -2.36. The summed E-state index contributed by atoms with van der Waals surface area (Å²) in [6, 6.07) is 4.72. The summed E-state index contributed by atoms with van der Waals surface area (Å²) < 4.78 is 1.35. The number of amides is 1. The van der Waals surface area contributed by atoms with Crippen molar-refractivity contribution in [2.24, 2.45) is 5.92 Å². The van der Waals surface area contributed by atoms with Crippen molar-refractivity contribution in [3.8, 4) is 0 Å². The number of fused-ring (bicyclic) bond motifs is 1. The van der Waals surface area contributed by atoms with Crippen LogP contribution in [0.4, 0.5) is 0 Å². The van der Waals surface area contributed by atoms with Crippen molar-refractivity contribution in [2.75, 3.05) is 6.54 Å². The van der Waals surface area contributed by atoms with Gasteiger partial charge in [0.25, 0.3) is 5.91 Å². The number of aliphatic carboxylic acids is 1. The summed E-state index contributed by atoms with van der Waals surface area (Å²) in [6.07, 6.45) is 1.18. The van der Waals surface area contributed by atoms with Crippen LogP contribution in [0.1, 0.15) is 37.0 Å². The number of nitrogens with one attached hydrogen (secondary N) is 1. The Morgan fingerprint density at radius 2 is 2.00 bits per heavy atom. The molecule has 1 aliphatic heterocycles. The summed E-state index contributed by atoms with van der Waals surface area (Å²) in [7, 11) is 0. The highest BCUT2D eigenvalue weighted by Crippen LogP contribution is 2.24. The molecule has 8 nitrogen and oxygen atoms in total. The maximum absolute atomic E-state index is 12.9. The second-order valence-electron chi connectivity index (χ2n) is 6.65. The van der Waals surface area contributed by atoms with Crippen LogP contribution >= 0.6 is 0 Å². The SMILES string of the molecule is CCn1c(=O)c(=O)[nH]c2cc(C(=O)N3CC(C(=O)O)CCC3C)ccc21. The zero-order chi connectivity index (χ0) is 19.0. The van der Waals surface area contributed by atoms with Gasteiger partial charge < -0.3 is 19.6 Å². The minimum absolute atomic E-state index is 0.0579. The Labute approximate surface area is 149 Å². The van der Waals surface area contributed by atoms with Crippen LogP contribution in [0.25, 0.3) is 11.0 Å². The maximum atomic E-state index is 12.9. The molecule has 8 heteroatoms. The van der Waals surface area contributed by atoms with Crippen molar-refractivity contribution < 1.29 is 14.7 Å². The van der Waals surface area contributed by atoms with Gasteiger partial charge in [-0.25, -0.2) is 0 Å². The van der Waals surface area contributed by atoms with Crippen LogP contribution in [0.2, 0.25) is 0 Å². The average Bonchev–Trinajstić information content (AvgIpc) is 2.62. The number of aryl methyl sites for hydroxylation is 1. The van der Waals surface area contributed by atoms with Gasteiger partial charge in [0.05, 0.1) is 17.0 Å². The van der Waals surface area contributed by atoms with Gasteiger partial charge in [-0.1, -0.05) is 0 Å². The summed E-state index contributed by atoms with van der Waals surface area (Å²) in [5, 5.41) is 9.24. The van der Waals surface area contributed by atoms with Crippen molar-refractivity contribution >= 4 is 22.9 Å². The quantitative estimate of drug-likeness (QED) is 0.795. The number of hydrogen-bond donors (Lipinski definition) is 2. The van der Waals surface area contributed by atoms with Gasteiger partial charge in [-0.2, -0.15) is 0 Å². The number of hydrogen-bond acceptors (Lipinski definition) is 4. The van der Waals surface area contributed by atoms with Crippen LogP contribution in [0, 0.1) is 5.92 Å². The molecule has 1 fully saturated rings. The van der Waals surface area contributed by atoms with Crippen molar-refractivity contribution in [3.63, 3.8) is 0 Å². The third-order valence-electron chi connectivity index (χ3n) is 5.03. The molecule has 1 aliphatic rings. The molecule has 138 valence electrons. The Bertz CT molecular complexity index is 990. The van der Waals surface area contributed by atoms with Gasteiger partial charge in [-0.15, -0.1) is 0 Å². The van der Waals surface area contributed by atoms with Gasteiger partial charge in [0, 0.05) is 24.7 Å². The molecular weight excluding hydrogens is 338 g/mol. The molecule has 3 rings (SSSR count). The molecule has 0 aliphatic carbocycles. The smallest absolute Gasteiger partial charge is 0.316 e. The predicted octanol–water partition coefficient (Wildman–Crippen LogP) is 1.03. The van der Waals surface area contributed by atoms with E-state index >= 15 is 0 Å². The number of carboxylic acids is 1. The van der Waals surface area contributed by atoms with E-state index in [1.54, 1.807) is 30.0 Å². The van der Waals surface area contributed by atoms with Crippen molar-refractivity contribution in [1.82, 2.24) is 14.5 Å². The van der Waals surface area contributed by atoms with Gasteiger partial charge >= 0.3 is 17.1 Å². The molecule has 1 saturated heterocycles. The van der Waals surface area contributed by atoms with Crippen LogP contribution in [-0.4, -0.2) is 44.0 Å². The number of carboxylic acid groups (broad SMARTS) is 1. The maximum Gasteiger partial charge on any atom is 0.316 e. The molecule has 0 radical (unpaired) electrons. The van der Waals surface area contributed by atoms with Crippen LogP contribution < -0.4 is 11.1 Å². The fraction of sp³-hybridized carbons (Fsp3) is 0.444. The standard InChI is InChI=1S/C18H21N3O5/c1-3-20-14-7-6-11(8-13(14)19-15(22)17(20)24)16(23)21-9-12(18(25)26)5-4-10(21)2/h6-8,10,12H,3-5,9H2,1-2H3,(H,19,22)(H,25,26). The highest BCUT2D eigenvalue weighted by atomic mass is 16.4. The van der Waals surface area contributed by atoms with Gasteiger partial charge in [-0.05, 0) is 44.9 Å². The second-order valence-corrected chi connectivity index (χ2v) is 6.65. The van der Waals surface area contributed by atoms with Gasteiger partial charge in [0.2, 0.25) is 0 Å². The van der Waals surface area contributed by atoms with Crippen molar-refractivity contribution in [3.05, 3.63) is 44.5 Å². The Morgan fingerprint density at radius 3 is 2.65 bits per heavy atom. The topological polar surface area (TPSA) is 112 Å². The van der Waals surface area contributed by atoms with Crippen LogP contribution in [0.3, 0.4) is 0 Å². The van der Waals surface area contributed by atoms with E-state index in [0.29, 0.717) is 36.0 Å². The first-order chi connectivity index (χ1) is 12.3. The number of H-pyrrole nitrogens is 1. The zero-order valence-electron chi connectivity index (χ0n) is 14.7. The van der Waals surface area contributed by atoms with E-state index in [1.165, 1.54) is 4.57 Å². The van der Waals surface area contributed by atoms with Crippen LogP contribution in [-0.2, 0) is 11.3 Å². The number of carbonyl (C=O) groups excluding carboxylic acids is 1. The van der Waals surface area contributed by atoms with E-state index in [9.17, 15) is 24.3 Å². The van der Waals surface area contributed by atoms with E-state index in [4.69, 9.17) is 0 Å². The fourth-order valence-corrected chi connectivity index (χ4v) is 3.48. The minimum atomic E-state index is -0.899. The van der Waals surface area contributed by atoms with Crippen molar-refractivity contribution in [1.29, 1.82) is 0 Å². The lowest BCUT2D eigenvalue weighted by atomic mass is 9.93. The fourth-order valence-electron chi connectivity index (χ4n) is 3.48. The minimum Gasteiger partial charge on any atom is -0.481 e. The first kappa shape index (κ1) is 17.9. The Balaban J connectivity index is 2.01. The number of carbonyl (C=O) groups is 2. The van der Waals surface area contributed by atoms with E-state index in [1.807, 2.05) is 6.92 Å². The van der Waals surface area contributed by atoms with Gasteiger partial charge in [0.1, 0.15) is 0 Å². The van der Waals surface area contributed by atoms with Crippen LogP contribution in [0.15, 0.2) is 27.8 Å². The Hall–Kier alpha value is -2.90. The van der Waals surface area contributed by atoms with E-state index in [-0.39, 0.29) is 18.5 Å². The molecule has 1 aromatic heterocycles. The number of likely N-dealkylation sites (tertiary alicyclic amines) is 1. The molecule has 0 saturated carbocycles. The first-order valence-electron chi connectivity index (χ1n) is 8.64. The number of aromatic nitrogens is 2. The third kappa shape index (κ3) is 3.02. The zero-order valence-corrected chi connectivity index (χ0v) is 14.7. The monoisotopic (exact) mass is 359 g/mol. The van der Waals surface area contributed by atoms with Crippen molar-refractivity contribution in [2.45, 2.75) is 39.3 Å². The number of rotatable bonds is 3. The molecule has 0 spiro atoms. The Kier molecular flexibility index (Phi) is 4.67. The summed E-state index contributed by atoms with van der Waals surface area (Å²) in [6.45, 7) is 4.17. The highest BCUT2D eigenvalue weighted by Gasteiger charge is 2.33. The number of benzene rings is 1. The summed E-state index contributed by atoms with van der Waals surface area (Å²) in [5.74, 6) is -1.74.